The van der Waals surface area contributed by atoms with Crippen LogP contribution in [0.3, 0.4) is 0 Å². The molecule has 0 amide bonds. The number of ether oxygens (including phenoxy) is 3. The Morgan fingerprint density at radius 1 is 0.892 bits per heavy atom. The molecule has 0 N–H and O–H groups in total. The third-order valence-electron chi connectivity index (χ3n) is 5.24. The summed E-state index contributed by atoms with van der Waals surface area (Å²) >= 11 is 0. The Morgan fingerprint density at radius 3 is 2.16 bits per heavy atom. The van der Waals surface area contributed by atoms with E-state index < -0.39 is 34.7 Å². The summed E-state index contributed by atoms with van der Waals surface area (Å²) < 4.78 is 62.2. The van der Waals surface area contributed by atoms with Gasteiger partial charge in [-0.1, -0.05) is 18.2 Å². The number of carbonyl (C=O) groups is 1. The highest BCUT2D eigenvalue weighted by atomic mass is 19.4. The summed E-state index contributed by atoms with van der Waals surface area (Å²) in [7, 11) is 1.53. The summed E-state index contributed by atoms with van der Waals surface area (Å²) in [5.41, 5.74) is 0.787. The van der Waals surface area contributed by atoms with E-state index in [0.29, 0.717) is 11.3 Å². The van der Waals surface area contributed by atoms with E-state index in [1.54, 1.807) is 38.1 Å². The highest BCUT2D eigenvalue weighted by Gasteiger charge is 2.40. The topological polar surface area (TPSA) is 75.0 Å². The van der Waals surface area contributed by atoms with Crippen molar-refractivity contribution in [2.45, 2.75) is 20.0 Å². The number of alkyl halides is 3. The lowest BCUT2D eigenvalue weighted by Crippen LogP contribution is -2.15. The van der Waals surface area contributed by atoms with Gasteiger partial charge in [-0.2, -0.15) is 13.2 Å². The molecule has 1 heterocycles. The second kappa shape index (κ2) is 10.2. The summed E-state index contributed by atoms with van der Waals surface area (Å²) in [5.74, 6) is -2.72. The van der Waals surface area contributed by atoms with Crippen molar-refractivity contribution in [3.63, 3.8) is 0 Å². The molecule has 0 fully saturated rings. The number of carbonyl (C=O) groups excluding carboxylic acids is 1. The normalized spacial score (nSPS) is 11.6. The first kappa shape index (κ1) is 25.6. The van der Waals surface area contributed by atoms with Gasteiger partial charge >= 0.3 is 12.1 Å². The Bertz CT molecular complexity index is 1530. The number of benzene rings is 3. The van der Waals surface area contributed by atoms with E-state index in [-0.39, 0.29) is 16.9 Å². The van der Waals surface area contributed by atoms with Crippen molar-refractivity contribution in [2.24, 2.45) is 0 Å². The molecule has 9 heteroatoms. The van der Waals surface area contributed by atoms with Crippen LogP contribution in [0.4, 0.5) is 13.2 Å². The zero-order chi connectivity index (χ0) is 26.7. The van der Waals surface area contributed by atoms with Gasteiger partial charge in [0.2, 0.25) is 11.2 Å². The van der Waals surface area contributed by atoms with E-state index in [1.165, 1.54) is 37.5 Å². The van der Waals surface area contributed by atoms with Crippen molar-refractivity contribution in [2.75, 3.05) is 7.11 Å². The number of aryl methyl sites for hydroxylation is 2. The summed E-state index contributed by atoms with van der Waals surface area (Å²) in [6, 6.07) is 15.3. The fraction of sp³-hybridized carbons (Fsp3) is 0.143. The molecule has 0 radical (unpaired) electrons. The van der Waals surface area contributed by atoms with Crippen LogP contribution in [0.1, 0.15) is 22.5 Å². The first-order valence-corrected chi connectivity index (χ1v) is 11.0. The predicted molar refractivity (Wildman–Crippen MR) is 131 cm³/mol. The van der Waals surface area contributed by atoms with Crippen LogP contribution in [0.25, 0.3) is 17.0 Å². The second-order valence-electron chi connectivity index (χ2n) is 8.20. The number of methoxy groups -OCH3 is 1. The van der Waals surface area contributed by atoms with Crippen molar-refractivity contribution < 1.29 is 36.6 Å². The average Bonchev–Trinajstić information content (AvgIpc) is 2.83. The minimum Gasteiger partial charge on any atom is -0.497 e. The number of hydrogen-bond donors (Lipinski definition) is 0. The third kappa shape index (κ3) is 6.00. The van der Waals surface area contributed by atoms with Crippen LogP contribution in [0, 0.1) is 13.8 Å². The van der Waals surface area contributed by atoms with Crippen LogP contribution >= 0.6 is 0 Å². The first-order chi connectivity index (χ1) is 17.5. The van der Waals surface area contributed by atoms with Crippen LogP contribution in [0.2, 0.25) is 0 Å². The smallest absolute Gasteiger partial charge is 0.453 e. The Kier molecular flexibility index (Phi) is 7.06. The molecule has 0 aliphatic carbocycles. The molecule has 0 bridgehead atoms. The highest BCUT2D eigenvalue weighted by molar-refractivity contribution is 5.89. The maximum Gasteiger partial charge on any atom is 0.453 e. The molecule has 190 valence electrons. The molecular formula is C28H21F3O6. The van der Waals surface area contributed by atoms with E-state index in [4.69, 9.17) is 18.6 Å². The monoisotopic (exact) mass is 510 g/mol. The summed E-state index contributed by atoms with van der Waals surface area (Å²) in [4.78, 5) is 25.2. The SMILES string of the molecule is COc1ccc(/C=C/C(=O)Oc2ccc3c(=O)c(Oc4cc(C)cc(C)c4)c(C(F)(F)F)oc3c2)cc1. The van der Waals surface area contributed by atoms with Crippen molar-refractivity contribution in [1.82, 2.24) is 0 Å². The predicted octanol–water partition coefficient (Wildman–Crippen LogP) is 6.85. The standard InChI is InChI=1S/C28H21F3O6/c1-16-12-17(2)14-21(13-16)36-26-25(33)22-10-9-20(15-23(22)37-27(26)28(29,30)31)35-24(32)11-6-18-4-7-19(34-3)8-5-18/h4-15H,1-3H3/b11-6+. The van der Waals surface area contributed by atoms with Crippen LogP contribution in [0.15, 0.2) is 76.0 Å². The molecule has 3 aromatic carbocycles. The van der Waals surface area contributed by atoms with E-state index in [2.05, 4.69) is 0 Å². The maximum atomic E-state index is 13.8. The van der Waals surface area contributed by atoms with Crippen molar-refractivity contribution in [1.29, 1.82) is 0 Å². The molecule has 1 aromatic heterocycles. The van der Waals surface area contributed by atoms with Crippen LogP contribution in [-0.4, -0.2) is 13.1 Å². The Hall–Kier alpha value is -4.53. The second-order valence-corrected chi connectivity index (χ2v) is 8.20. The Labute approximate surface area is 209 Å². The number of fused-ring (bicyclic) bond motifs is 1. The lowest BCUT2D eigenvalue weighted by molar-refractivity contribution is -0.154. The Morgan fingerprint density at radius 2 is 1.54 bits per heavy atom. The number of esters is 1. The van der Waals surface area contributed by atoms with E-state index in [9.17, 15) is 22.8 Å². The van der Waals surface area contributed by atoms with E-state index in [1.807, 2.05) is 6.07 Å². The molecule has 0 saturated heterocycles. The zero-order valence-corrected chi connectivity index (χ0v) is 20.0. The molecular weight excluding hydrogens is 489 g/mol. The van der Waals surface area contributed by atoms with E-state index in [0.717, 1.165) is 23.3 Å². The first-order valence-electron chi connectivity index (χ1n) is 11.0. The van der Waals surface area contributed by atoms with Gasteiger partial charge in [0.1, 0.15) is 22.8 Å². The number of rotatable bonds is 6. The fourth-order valence-corrected chi connectivity index (χ4v) is 3.64. The van der Waals surface area contributed by atoms with Crippen molar-refractivity contribution >= 4 is 23.0 Å². The molecule has 0 spiro atoms. The average molecular weight is 510 g/mol. The largest absolute Gasteiger partial charge is 0.497 e. The van der Waals surface area contributed by atoms with Gasteiger partial charge in [-0.3, -0.25) is 4.79 Å². The Balaban J connectivity index is 1.65. The van der Waals surface area contributed by atoms with Gasteiger partial charge < -0.3 is 18.6 Å². The van der Waals surface area contributed by atoms with Gasteiger partial charge in [0.25, 0.3) is 5.76 Å². The number of halogens is 3. The highest BCUT2D eigenvalue weighted by Crippen LogP contribution is 2.39. The molecule has 6 nitrogen and oxygen atoms in total. The van der Waals surface area contributed by atoms with Gasteiger partial charge in [-0.15, -0.1) is 0 Å². The third-order valence-corrected chi connectivity index (χ3v) is 5.24. The summed E-state index contributed by atoms with van der Waals surface area (Å²) in [6.07, 6.45) is -2.36. The lowest BCUT2D eigenvalue weighted by atomic mass is 10.1. The van der Waals surface area contributed by atoms with Gasteiger partial charge in [0, 0.05) is 12.1 Å². The van der Waals surface area contributed by atoms with Crippen molar-refractivity contribution in [3.8, 4) is 23.0 Å². The molecule has 37 heavy (non-hydrogen) atoms. The molecule has 0 atom stereocenters. The van der Waals surface area contributed by atoms with Crippen molar-refractivity contribution in [3.05, 3.63) is 99.4 Å². The minimum atomic E-state index is -5.02. The quantitative estimate of drug-likeness (QED) is 0.160. The van der Waals surface area contributed by atoms with Gasteiger partial charge in [-0.05, 0) is 73.0 Å². The summed E-state index contributed by atoms with van der Waals surface area (Å²) in [5, 5.41) is -0.166. The van der Waals surface area contributed by atoms with Crippen LogP contribution in [0.5, 0.6) is 23.0 Å². The fourth-order valence-electron chi connectivity index (χ4n) is 3.64. The minimum absolute atomic E-state index is 0.0730. The summed E-state index contributed by atoms with van der Waals surface area (Å²) in [6.45, 7) is 3.50. The molecule has 0 aliphatic heterocycles. The van der Waals surface area contributed by atoms with Gasteiger partial charge in [-0.25, -0.2) is 4.79 Å². The maximum absolute atomic E-state index is 13.8. The van der Waals surface area contributed by atoms with E-state index >= 15 is 0 Å². The molecule has 0 saturated carbocycles. The molecule has 4 aromatic rings. The van der Waals surface area contributed by atoms with Crippen LogP contribution < -0.4 is 19.6 Å². The van der Waals surface area contributed by atoms with Gasteiger partial charge in [0.05, 0.1) is 12.5 Å². The molecule has 0 unspecified atom stereocenters. The zero-order valence-electron chi connectivity index (χ0n) is 20.0. The number of hydrogen-bond acceptors (Lipinski definition) is 6. The lowest BCUT2D eigenvalue weighted by Gasteiger charge is -2.14. The van der Waals surface area contributed by atoms with Gasteiger partial charge in [0.15, 0.2) is 0 Å². The van der Waals surface area contributed by atoms with Crippen LogP contribution in [-0.2, 0) is 11.0 Å². The molecule has 0 aliphatic rings. The molecule has 4 rings (SSSR count).